The van der Waals surface area contributed by atoms with Gasteiger partial charge in [0, 0.05) is 16.1 Å². The highest BCUT2D eigenvalue weighted by atomic mass is 79.9. The Labute approximate surface area is 181 Å². The van der Waals surface area contributed by atoms with E-state index in [1.54, 1.807) is 54.6 Å². The third kappa shape index (κ3) is 3.34. The summed E-state index contributed by atoms with van der Waals surface area (Å²) < 4.78 is 47.1. The molecule has 0 amide bonds. The van der Waals surface area contributed by atoms with E-state index >= 15 is 0 Å². The van der Waals surface area contributed by atoms with Crippen LogP contribution >= 0.6 is 15.9 Å². The lowest BCUT2D eigenvalue weighted by Crippen LogP contribution is -2.40. The van der Waals surface area contributed by atoms with Crippen LogP contribution in [0, 0.1) is 11.3 Å². The Hall–Kier alpha value is -2.89. The molecule has 0 bridgehead atoms. The van der Waals surface area contributed by atoms with Gasteiger partial charge in [0.1, 0.15) is 22.1 Å². The summed E-state index contributed by atoms with van der Waals surface area (Å²) in [7, 11) is -4.07. The summed E-state index contributed by atoms with van der Waals surface area (Å²) in [6.07, 6.45) is 4.28. The molecular formula is C22H16BrFN2O3S. The molecule has 1 heterocycles. The second kappa shape index (κ2) is 7.42. The molecule has 4 rings (SSSR count). The van der Waals surface area contributed by atoms with Crippen molar-refractivity contribution in [1.29, 1.82) is 5.26 Å². The van der Waals surface area contributed by atoms with E-state index in [4.69, 9.17) is 10.00 Å². The standard InChI is InChI=1S/C22H16BrFN2O3S/c1-22(9-7-17(23)13-21(22)24)30(27,28)26-10-8-16-12-19(5-6-20(16)26)29-18-4-2-3-15(11-18)14-25/h2-8,10-13H,9H2,1H3. The third-order valence-corrected chi connectivity index (χ3v) is 8.00. The molecule has 30 heavy (non-hydrogen) atoms. The number of rotatable bonds is 4. The van der Waals surface area contributed by atoms with Gasteiger partial charge in [-0.1, -0.05) is 28.1 Å². The predicted molar refractivity (Wildman–Crippen MR) is 117 cm³/mol. The van der Waals surface area contributed by atoms with Gasteiger partial charge in [0.2, 0.25) is 0 Å². The van der Waals surface area contributed by atoms with Crippen LogP contribution in [0.3, 0.4) is 0 Å². The number of hydrogen-bond acceptors (Lipinski definition) is 4. The molecule has 0 N–H and O–H groups in total. The van der Waals surface area contributed by atoms with Crippen LogP contribution in [0.5, 0.6) is 11.5 Å². The number of nitriles is 1. The fourth-order valence-electron chi connectivity index (χ4n) is 3.30. The van der Waals surface area contributed by atoms with E-state index in [2.05, 4.69) is 22.0 Å². The first kappa shape index (κ1) is 20.4. The molecule has 0 radical (unpaired) electrons. The molecule has 0 aliphatic heterocycles. The fourth-order valence-corrected chi connectivity index (χ4v) is 5.34. The minimum atomic E-state index is -4.07. The number of ether oxygens (including phenoxy) is 1. The Bertz CT molecular complexity index is 1370. The topological polar surface area (TPSA) is 72.1 Å². The van der Waals surface area contributed by atoms with Crippen LogP contribution in [-0.4, -0.2) is 17.1 Å². The number of allylic oxidation sites excluding steroid dienone is 3. The number of aromatic nitrogens is 1. The van der Waals surface area contributed by atoms with Crippen molar-refractivity contribution in [1.82, 2.24) is 3.97 Å². The zero-order chi connectivity index (χ0) is 21.5. The molecule has 5 nitrogen and oxygen atoms in total. The van der Waals surface area contributed by atoms with E-state index in [0.717, 1.165) is 3.97 Å². The molecule has 1 unspecified atom stereocenters. The maximum Gasteiger partial charge on any atom is 0.251 e. The molecule has 0 saturated carbocycles. The van der Waals surface area contributed by atoms with Crippen molar-refractivity contribution >= 4 is 36.9 Å². The van der Waals surface area contributed by atoms with Crippen LogP contribution in [0.2, 0.25) is 0 Å². The lowest BCUT2D eigenvalue weighted by molar-refractivity contribution is 0.477. The largest absolute Gasteiger partial charge is 0.457 e. The van der Waals surface area contributed by atoms with Crippen LogP contribution in [-0.2, 0) is 10.0 Å². The van der Waals surface area contributed by atoms with E-state index in [1.165, 1.54) is 19.2 Å². The molecule has 0 spiro atoms. The van der Waals surface area contributed by atoms with Gasteiger partial charge in [-0.15, -0.1) is 0 Å². The van der Waals surface area contributed by atoms with Gasteiger partial charge in [-0.25, -0.2) is 16.8 Å². The van der Waals surface area contributed by atoms with E-state index in [0.29, 0.717) is 32.4 Å². The van der Waals surface area contributed by atoms with Crippen LogP contribution in [0.1, 0.15) is 18.9 Å². The molecule has 152 valence electrons. The quantitative estimate of drug-likeness (QED) is 0.468. The minimum absolute atomic E-state index is 0.0222. The van der Waals surface area contributed by atoms with Gasteiger partial charge in [-0.2, -0.15) is 5.26 Å². The average Bonchev–Trinajstić information content (AvgIpc) is 3.15. The summed E-state index contributed by atoms with van der Waals surface area (Å²) in [6.45, 7) is 1.38. The molecule has 1 atom stereocenters. The predicted octanol–water partition coefficient (Wildman–Crippen LogP) is 5.78. The van der Waals surface area contributed by atoms with Crippen LogP contribution in [0.25, 0.3) is 10.9 Å². The maximum atomic E-state index is 14.7. The Morgan fingerprint density at radius 2 is 1.97 bits per heavy atom. The number of benzene rings is 2. The second-order valence-electron chi connectivity index (χ2n) is 7.10. The zero-order valence-electron chi connectivity index (χ0n) is 15.8. The van der Waals surface area contributed by atoms with E-state index in [-0.39, 0.29) is 6.42 Å². The molecular weight excluding hydrogens is 471 g/mol. The van der Waals surface area contributed by atoms with E-state index in [1.807, 2.05) is 0 Å². The van der Waals surface area contributed by atoms with Gasteiger partial charge in [0.25, 0.3) is 10.0 Å². The summed E-state index contributed by atoms with van der Waals surface area (Å²) in [5.74, 6) is 0.283. The van der Waals surface area contributed by atoms with Crippen molar-refractivity contribution in [3.63, 3.8) is 0 Å². The number of halogens is 2. The van der Waals surface area contributed by atoms with Crippen molar-refractivity contribution < 1.29 is 17.5 Å². The lowest BCUT2D eigenvalue weighted by atomic mass is 10.0. The van der Waals surface area contributed by atoms with Crippen molar-refractivity contribution in [3.05, 3.63) is 82.8 Å². The SMILES string of the molecule is CC1(S(=O)(=O)n2ccc3cc(Oc4cccc(C#N)c4)ccc32)CC=C(Br)C=C1F. The summed E-state index contributed by atoms with van der Waals surface area (Å²) in [5.41, 5.74) is 0.901. The van der Waals surface area contributed by atoms with Crippen LogP contribution in [0.15, 0.2) is 77.2 Å². The smallest absolute Gasteiger partial charge is 0.251 e. The summed E-state index contributed by atoms with van der Waals surface area (Å²) in [5, 5.41) is 9.64. The highest BCUT2D eigenvalue weighted by Crippen LogP contribution is 2.40. The lowest BCUT2D eigenvalue weighted by Gasteiger charge is -2.29. The molecule has 1 aromatic heterocycles. The number of hydrogen-bond donors (Lipinski definition) is 0. The Morgan fingerprint density at radius 3 is 2.70 bits per heavy atom. The number of fused-ring (bicyclic) bond motifs is 1. The fraction of sp³-hybridized carbons (Fsp3) is 0.136. The van der Waals surface area contributed by atoms with Gasteiger partial charge in [-0.05, 0) is 61.9 Å². The molecule has 1 aliphatic carbocycles. The van der Waals surface area contributed by atoms with Gasteiger partial charge < -0.3 is 4.74 Å². The monoisotopic (exact) mass is 486 g/mol. The Balaban J connectivity index is 1.71. The minimum Gasteiger partial charge on any atom is -0.457 e. The summed E-state index contributed by atoms with van der Waals surface area (Å²) >= 11 is 3.19. The number of nitrogens with zero attached hydrogens (tertiary/aromatic N) is 2. The third-order valence-electron chi connectivity index (χ3n) is 5.11. The van der Waals surface area contributed by atoms with Crippen molar-refractivity contribution in [2.75, 3.05) is 0 Å². The first-order valence-electron chi connectivity index (χ1n) is 9.02. The van der Waals surface area contributed by atoms with Crippen molar-refractivity contribution in [3.8, 4) is 17.6 Å². The average molecular weight is 487 g/mol. The summed E-state index contributed by atoms with van der Waals surface area (Å²) in [6, 6.07) is 15.4. The Kier molecular flexibility index (Phi) is 5.04. The molecule has 8 heteroatoms. The van der Waals surface area contributed by atoms with E-state index < -0.39 is 20.6 Å². The first-order valence-corrected chi connectivity index (χ1v) is 11.3. The molecule has 0 saturated heterocycles. The van der Waals surface area contributed by atoms with E-state index in [9.17, 15) is 12.8 Å². The molecule has 3 aromatic rings. The highest BCUT2D eigenvalue weighted by molar-refractivity contribution is 9.11. The first-order chi connectivity index (χ1) is 14.2. The van der Waals surface area contributed by atoms with Crippen LogP contribution in [0.4, 0.5) is 4.39 Å². The van der Waals surface area contributed by atoms with Crippen LogP contribution < -0.4 is 4.74 Å². The maximum absolute atomic E-state index is 14.7. The molecule has 2 aromatic carbocycles. The molecule has 0 fully saturated rings. The molecule has 1 aliphatic rings. The second-order valence-corrected chi connectivity index (χ2v) is 10.3. The summed E-state index contributed by atoms with van der Waals surface area (Å²) in [4.78, 5) is 0. The van der Waals surface area contributed by atoms with Crippen molar-refractivity contribution in [2.24, 2.45) is 0 Å². The highest BCUT2D eigenvalue weighted by Gasteiger charge is 2.45. The normalized spacial score (nSPS) is 19.1. The van der Waals surface area contributed by atoms with Gasteiger partial charge in [0.05, 0.1) is 17.1 Å². The zero-order valence-corrected chi connectivity index (χ0v) is 18.2. The Morgan fingerprint density at radius 1 is 1.20 bits per heavy atom. The van der Waals surface area contributed by atoms with Gasteiger partial charge in [-0.3, -0.25) is 0 Å². The van der Waals surface area contributed by atoms with Gasteiger partial charge >= 0.3 is 0 Å². The van der Waals surface area contributed by atoms with Gasteiger partial charge in [0.15, 0.2) is 0 Å². The van der Waals surface area contributed by atoms with Crippen molar-refractivity contribution in [2.45, 2.75) is 18.1 Å².